The minimum absolute atomic E-state index is 0. The highest BCUT2D eigenvalue weighted by Crippen LogP contribution is 2.33. The molecule has 3 rings (SSSR count). The molecule has 0 atom stereocenters. The third kappa shape index (κ3) is 5.11. The number of amides is 1. The number of fused-ring (bicyclic) bond motifs is 1. The summed E-state index contributed by atoms with van der Waals surface area (Å²) >= 11 is 0. The third-order valence-electron chi connectivity index (χ3n) is 4.17. The number of benzene rings is 2. The summed E-state index contributed by atoms with van der Waals surface area (Å²) in [7, 11) is 1.81. The summed E-state index contributed by atoms with van der Waals surface area (Å²) in [5.41, 5.74) is 3.44. The van der Waals surface area contributed by atoms with E-state index in [9.17, 15) is 4.79 Å². The molecular formula is C19H25Cl2N3O. The normalized spacial score (nSPS) is 13.2. The predicted molar refractivity (Wildman–Crippen MR) is 109 cm³/mol. The first-order valence-corrected chi connectivity index (χ1v) is 8.12. The van der Waals surface area contributed by atoms with Crippen LogP contribution < -0.4 is 15.1 Å². The highest BCUT2D eigenvalue weighted by atomic mass is 35.5. The number of hydrogen-bond acceptors (Lipinski definition) is 3. The molecule has 0 saturated carbocycles. The standard InChI is InChI=1S/C19H23N3O.2ClH/c1-20-14-19(23)22-13-7-12-21(15-16-8-3-2-4-9-16)17-10-5-6-11-18(17)22;;/h2-6,8-11,20H,7,12-15H2,1H3;2*1H. The van der Waals surface area contributed by atoms with E-state index in [0.29, 0.717) is 6.54 Å². The van der Waals surface area contributed by atoms with Gasteiger partial charge in [-0.05, 0) is 31.2 Å². The molecule has 6 heteroatoms. The molecule has 4 nitrogen and oxygen atoms in total. The fourth-order valence-electron chi connectivity index (χ4n) is 3.09. The Labute approximate surface area is 162 Å². The summed E-state index contributed by atoms with van der Waals surface area (Å²) in [6.07, 6.45) is 0.969. The van der Waals surface area contributed by atoms with E-state index in [4.69, 9.17) is 0 Å². The van der Waals surface area contributed by atoms with E-state index in [-0.39, 0.29) is 30.7 Å². The Balaban J connectivity index is 0.00000156. The van der Waals surface area contributed by atoms with E-state index < -0.39 is 0 Å². The molecule has 0 unspecified atom stereocenters. The van der Waals surface area contributed by atoms with Crippen LogP contribution in [0.5, 0.6) is 0 Å². The van der Waals surface area contributed by atoms with Gasteiger partial charge in [0.05, 0.1) is 17.9 Å². The van der Waals surface area contributed by atoms with Gasteiger partial charge in [0, 0.05) is 19.6 Å². The molecule has 1 aliphatic rings. The van der Waals surface area contributed by atoms with Gasteiger partial charge in [-0.15, -0.1) is 24.8 Å². The molecule has 1 aliphatic heterocycles. The predicted octanol–water partition coefficient (Wildman–Crippen LogP) is 3.49. The molecule has 0 radical (unpaired) electrons. The van der Waals surface area contributed by atoms with Crippen molar-refractivity contribution in [3.63, 3.8) is 0 Å². The van der Waals surface area contributed by atoms with Gasteiger partial charge in [0.15, 0.2) is 0 Å². The lowest BCUT2D eigenvalue weighted by Crippen LogP contribution is -2.37. The van der Waals surface area contributed by atoms with Crippen molar-refractivity contribution in [3.05, 3.63) is 60.2 Å². The number of likely N-dealkylation sites (N-methyl/N-ethyl adjacent to an activating group) is 1. The highest BCUT2D eigenvalue weighted by Gasteiger charge is 2.23. The molecule has 2 aromatic carbocycles. The topological polar surface area (TPSA) is 35.6 Å². The number of nitrogens with zero attached hydrogens (tertiary/aromatic N) is 2. The molecular weight excluding hydrogens is 357 g/mol. The van der Waals surface area contributed by atoms with Gasteiger partial charge in [0.2, 0.25) is 5.91 Å². The second kappa shape index (κ2) is 10.3. The van der Waals surface area contributed by atoms with Crippen LogP contribution in [-0.4, -0.2) is 32.6 Å². The lowest BCUT2D eigenvalue weighted by atomic mass is 10.1. The molecule has 0 bridgehead atoms. The first kappa shape index (κ1) is 21.3. The number of rotatable bonds is 4. The zero-order valence-electron chi connectivity index (χ0n) is 14.4. The maximum atomic E-state index is 12.4. The van der Waals surface area contributed by atoms with Crippen molar-refractivity contribution in [2.45, 2.75) is 13.0 Å². The SMILES string of the molecule is CNCC(=O)N1CCCN(Cc2ccccc2)c2ccccc21.Cl.Cl. The number of hydrogen-bond donors (Lipinski definition) is 1. The van der Waals surface area contributed by atoms with Crippen LogP contribution in [0.1, 0.15) is 12.0 Å². The minimum Gasteiger partial charge on any atom is -0.365 e. The van der Waals surface area contributed by atoms with Crippen LogP contribution >= 0.6 is 24.8 Å². The Hall–Kier alpha value is -1.75. The number of halogens is 2. The van der Waals surface area contributed by atoms with Crippen molar-refractivity contribution in [2.24, 2.45) is 0 Å². The smallest absolute Gasteiger partial charge is 0.240 e. The van der Waals surface area contributed by atoms with Crippen LogP contribution in [-0.2, 0) is 11.3 Å². The minimum atomic E-state index is 0. The van der Waals surface area contributed by atoms with E-state index in [1.165, 1.54) is 5.56 Å². The Bertz CT molecular complexity index is 667. The summed E-state index contributed by atoms with van der Waals surface area (Å²) in [6, 6.07) is 18.7. The van der Waals surface area contributed by atoms with Crippen LogP contribution in [0.15, 0.2) is 54.6 Å². The molecule has 1 amide bonds. The van der Waals surface area contributed by atoms with Crippen LogP contribution in [0.3, 0.4) is 0 Å². The highest BCUT2D eigenvalue weighted by molar-refractivity contribution is 5.98. The van der Waals surface area contributed by atoms with Crippen LogP contribution in [0.4, 0.5) is 11.4 Å². The van der Waals surface area contributed by atoms with E-state index in [0.717, 1.165) is 37.4 Å². The average Bonchev–Trinajstić information content (AvgIpc) is 2.76. The second-order valence-electron chi connectivity index (χ2n) is 5.83. The van der Waals surface area contributed by atoms with Crippen LogP contribution in [0.25, 0.3) is 0 Å². The number of carbonyl (C=O) groups is 1. The monoisotopic (exact) mass is 381 g/mol. The number of carbonyl (C=O) groups excluding carboxylic acids is 1. The van der Waals surface area contributed by atoms with Gasteiger partial charge in [-0.25, -0.2) is 0 Å². The third-order valence-corrected chi connectivity index (χ3v) is 4.17. The van der Waals surface area contributed by atoms with Gasteiger partial charge < -0.3 is 15.1 Å². The van der Waals surface area contributed by atoms with Crippen molar-refractivity contribution >= 4 is 42.1 Å². The maximum absolute atomic E-state index is 12.4. The summed E-state index contributed by atoms with van der Waals surface area (Å²) in [6.45, 7) is 2.96. The number of nitrogens with one attached hydrogen (secondary N) is 1. The molecule has 0 saturated heterocycles. The average molecular weight is 382 g/mol. The summed E-state index contributed by atoms with van der Waals surface area (Å²) in [5, 5.41) is 2.96. The van der Waals surface area contributed by atoms with Gasteiger partial charge in [-0.2, -0.15) is 0 Å². The van der Waals surface area contributed by atoms with Crippen molar-refractivity contribution in [1.82, 2.24) is 5.32 Å². The maximum Gasteiger partial charge on any atom is 0.240 e. The number of para-hydroxylation sites is 2. The first-order valence-electron chi connectivity index (χ1n) is 8.12. The Morgan fingerprint density at radius 2 is 1.60 bits per heavy atom. The summed E-state index contributed by atoms with van der Waals surface area (Å²) in [5.74, 6) is 0.126. The van der Waals surface area contributed by atoms with E-state index in [2.05, 4.69) is 40.5 Å². The van der Waals surface area contributed by atoms with Gasteiger partial charge >= 0.3 is 0 Å². The van der Waals surface area contributed by atoms with Crippen molar-refractivity contribution < 1.29 is 4.79 Å². The molecule has 0 aromatic heterocycles. The van der Waals surface area contributed by atoms with Gasteiger partial charge in [0.25, 0.3) is 0 Å². The fraction of sp³-hybridized carbons (Fsp3) is 0.316. The summed E-state index contributed by atoms with van der Waals surface area (Å²) in [4.78, 5) is 16.7. The van der Waals surface area contributed by atoms with Gasteiger partial charge in [0.1, 0.15) is 0 Å². The largest absolute Gasteiger partial charge is 0.365 e. The zero-order chi connectivity index (χ0) is 16.1. The molecule has 0 fully saturated rings. The van der Waals surface area contributed by atoms with Crippen molar-refractivity contribution in [2.75, 3.05) is 36.5 Å². The van der Waals surface area contributed by atoms with Crippen LogP contribution in [0.2, 0.25) is 0 Å². The van der Waals surface area contributed by atoms with Crippen LogP contribution in [0, 0.1) is 0 Å². The van der Waals surface area contributed by atoms with Gasteiger partial charge in [-0.3, -0.25) is 4.79 Å². The first-order chi connectivity index (χ1) is 11.3. The molecule has 1 heterocycles. The lowest BCUT2D eigenvalue weighted by molar-refractivity contribution is -0.117. The van der Waals surface area contributed by atoms with Crippen molar-refractivity contribution in [1.29, 1.82) is 0 Å². The molecule has 2 aromatic rings. The Morgan fingerprint density at radius 1 is 0.960 bits per heavy atom. The zero-order valence-corrected chi connectivity index (χ0v) is 16.0. The number of anilines is 2. The molecule has 1 N–H and O–H groups in total. The quantitative estimate of drug-likeness (QED) is 0.879. The summed E-state index contributed by atoms with van der Waals surface area (Å²) < 4.78 is 0. The lowest BCUT2D eigenvalue weighted by Gasteiger charge is -2.27. The fourth-order valence-corrected chi connectivity index (χ4v) is 3.09. The molecule has 0 aliphatic carbocycles. The van der Waals surface area contributed by atoms with E-state index in [1.54, 1.807) is 0 Å². The van der Waals surface area contributed by atoms with E-state index >= 15 is 0 Å². The van der Waals surface area contributed by atoms with Crippen molar-refractivity contribution in [3.8, 4) is 0 Å². The van der Waals surface area contributed by atoms with Gasteiger partial charge in [-0.1, -0.05) is 42.5 Å². The Morgan fingerprint density at radius 3 is 2.28 bits per heavy atom. The second-order valence-corrected chi connectivity index (χ2v) is 5.83. The molecule has 0 spiro atoms. The Kier molecular flexibility index (Phi) is 8.76. The molecule has 136 valence electrons. The van der Waals surface area contributed by atoms with E-state index in [1.807, 2.05) is 36.2 Å². The molecule has 25 heavy (non-hydrogen) atoms.